The van der Waals surface area contributed by atoms with Crippen molar-refractivity contribution in [2.24, 2.45) is 0 Å². The normalized spacial score (nSPS) is 11.1. The minimum atomic E-state index is -4.79. The minimum Gasteiger partial charge on any atom is -0.292 e. The van der Waals surface area contributed by atoms with Crippen LogP contribution < -0.4 is 10.9 Å². The third-order valence-electron chi connectivity index (χ3n) is 3.01. The molecule has 0 bridgehead atoms. The zero-order valence-corrected chi connectivity index (χ0v) is 12.0. The standard InChI is InChI=1S/C14H8F5N3O3/c15-8-2-3-10(16)9(6-8)13(23)21-20-11-4-1-7(14(17,18)19)5-12(11)22(24)25/h1-6,20H,(H,21,23). The Labute approximate surface area is 136 Å². The summed E-state index contributed by atoms with van der Waals surface area (Å²) in [6, 6.07) is 3.63. The number of alkyl halides is 3. The van der Waals surface area contributed by atoms with Gasteiger partial charge in [-0.25, -0.2) is 8.78 Å². The second kappa shape index (κ2) is 6.71. The van der Waals surface area contributed by atoms with E-state index in [4.69, 9.17) is 0 Å². The van der Waals surface area contributed by atoms with Gasteiger partial charge >= 0.3 is 6.18 Å². The van der Waals surface area contributed by atoms with Gasteiger partial charge in [0.15, 0.2) is 0 Å². The number of nitro benzene ring substituents is 1. The van der Waals surface area contributed by atoms with Crippen molar-refractivity contribution in [3.05, 3.63) is 69.3 Å². The van der Waals surface area contributed by atoms with Crippen LogP contribution in [0.15, 0.2) is 36.4 Å². The van der Waals surface area contributed by atoms with E-state index in [1.54, 1.807) is 0 Å². The summed E-state index contributed by atoms with van der Waals surface area (Å²) in [5.41, 5.74) is 0.494. The molecular formula is C14H8F5N3O3. The van der Waals surface area contributed by atoms with Gasteiger partial charge in [-0.2, -0.15) is 13.2 Å². The molecule has 0 unspecified atom stereocenters. The van der Waals surface area contributed by atoms with Crippen molar-refractivity contribution in [2.45, 2.75) is 6.18 Å². The highest BCUT2D eigenvalue weighted by Crippen LogP contribution is 2.34. The van der Waals surface area contributed by atoms with Crippen LogP contribution in [0.3, 0.4) is 0 Å². The van der Waals surface area contributed by atoms with Gasteiger partial charge in [0.1, 0.15) is 17.3 Å². The summed E-state index contributed by atoms with van der Waals surface area (Å²) in [5, 5.41) is 10.9. The number of rotatable bonds is 4. The first-order chi connectivity index (χ1) is 11.6. The number of hydrogen-bond donors (Lipinski definition) is 2. The molecule has 0 atom stereocenters. The van der Waals surface area contributed by atoms with E-state index in [9.17, 15) is 36.9 Å². The maximum Gasteiger partial charge on any atom is 0.416 e. The molecule has 132 valence electrons. The topological polar surface area (TPSA) is 84.3 Å². The van der Waals surface area contributed by atoms with E-state index < -0.39 is 51.1 Å². The summed E-state index contributed by atoms with van der Waals surface area (Å²) < 4.78 is 64.3. The Morgan fingerprint density at radius 1 is 1.08 bits per heavy atom. The number of nitrogens with one attached hydrogen (secondary N) is 2. The van der Waals surface area contributed by atoms with Gasteiger partial charge in [0.05, 0.1) is 16.1 Å². The molecule has 0 saturated heterocycles. The van der Waals surface area contributed by atoms with Crippen LogP contribution in [-0.2, 0) is 6.18 Å². The van der Waals surface area contributed by atoms with E-state index in [0.717, 1.165) is 12.1 Å². The third-order valence-corrected chi connectivity index (χ3v) is 3.01. The van der Waals surface area contributed by atoms with Crippen molar-refractivity contribution < 1.29 is 31.7 Å². The predicted octanol–water partition coefficient (Wildman–Crippen LogP) is 3.65. The third kappa shape index (κ3) is 4.19. The van der Waals surface area contributed by atoms with Gasteiger partial charge in [0.2, 0.25) is 0 Å². The Kier molecular flexibility index (Phi) is 4.86. The molecular weight excluding hydrogens is 353 g/mol. The number of carbonyl (C=O) groups excluding carboxylic acids is 1. The lowest BCUT2D eigenvalue weighted by Crippen LogP contribution is -2.30. The average molecular weight is 361 g/mol. The number of anilines is 1. The molecule has 0 aliphatic carbocycles. The van der Waals surface area contributed by atoms with Crippen LogP contribution >= 0.6 is 0 Å². The molecule has 0 radical (unpaired) electrons. The predicted molar refractivity (Wildman–Crippen MR) is 75.5 cm³/mol. The zero-order chi connectivity index (χ0) is 18.8. The van der Waals surface area contributed by atoms with Gasteiger partial charge in [-0.1, -0.05) is 0 Å². The second-order valence-electron chi connectivity index (χ2n) is 4.69. The van der Waals surface area contributed by atoms with Crippen LogP contribution in [0.5, 0.6) is 0 Å². The summed E-state index contributed by atoms with van der Waals surface area (Å²) in [7, 11) is 0. The summed E-state index contributed by atoms with van der Waals surface area (Å²) in [6.45, 7) is 0. The van der Waals surface area contributed by atoms with Gasteiger partial charge in [-0.05, 0) is 30.3 Å². The van der Waals surface area contributed by atoms with Gasteiger partial charge in [0.25, 0.3) is 11.6 Å². The number of hydrazine groups is 1. The number of amides is 1. The molecule has 11 heteroatoms. The molecule has 2 rings (SSSR count). The highest BCUT2D eigenvalue weighted by Gasteiger charge is 2.33. The van der Waals surface area contributed by atoms with Crippen LogP contribution in [0.1, 0.15) is 15.9 Å². The Morgan fingerprint density at radius 3 is 2.36 bits per heavy atom. The minimum absolute atomic E-state index is 0.275. The van der Waals surface area contributed by atoms with Crippen LogP contribution in [-0.4, -0.2) is 10.8 Å². The fourth-order valence-electron chi connectivity index (χ4n) is 1.83. The fourth-order valence-corrected chi connectivity index (χ4v) is 1.83. The quantitative estimate of drug-likeness (QED) is 0.495. The Hall–Kier alpha value is -3.24. The van der Waals surface area contributed by atoms with Crippen molar-refractivity contribution in [3.63, 3.8) is 0 Å². The molecule has 0 aromatic heterocycles. The molecule has 25 heavy (non-hydrogen) atoms. The molecule has 0 saturated carbocycles. The number of nitrogens with zero attached hydrogens (tertiary/aromatic N) is 1. The molecule has 2 N–H and O–H groups in total. The number of benzene rings is 2. The molecule has 2 aromatic carbocycles. The van der Waals surface area contributed by atoms with Crippen molar-refractivity contribution >= 4 is 17.3 Å². The molecule has 0 fully saturated rings. The highest BCUT2D eigenvalue weighted by atomic mass is 19.4. The lowest BCUT2D eigenvalue weighted by Gasteiger charge is -2.11. The van der Waals surface area contributed by atoms with Gasteiger partial charge in [-0.15, -0.1) is 0 Å². The average Bonchev–Trinajstić information content (AvgIpc) is 2.53. The summed E-state index contributed by atoms with van der Waals surface area (Å²) in [6.07, 6.45) is -4.79. The second-order valence-corrected chi connectivity index (χ2v) is 4.69. The molecule has 6 nitrogen and oxygen atoms in total. The van der Waals surface area contributed by atoms with E-state index in [2.05, 4.69) is 0 Å². The Balaban J connectivity index is 2.24. The molecule has 2 aromatic rings. The van der Waals surface area contributed by atoms with Crippen molar-refractivity contribution in [2.75, 3.05) is 5.43 Å². The first-order valence-corrected chi connectivity index (χ1v) is 6.46. The van der Waals surface area contributed by atoms with E-state index in [0.29, 0.717) is 18.2 Å². The van der Waals surface area contributed by atoms with E-state index in [1.165, 1.54) is 0 Å². The monoisotopic (exact) mass is 361 g/mol. The summed E-state index contributed by atoms with van der Waals surface area (Å²) >= 11 is 0. The van der Waals surface area contributed by atoms with Gasteiger partial charge < -0.3 is 0 Å². The van der Waals surface area contributed by atoms with Gasteiger partial charge in [-0.3, -0.25) is 25.8 Å². The largest absolute Gasteiger partial charge is 0.416 e. The Morgan fingerprint density at radius 2 is 1.76 bits per heavy atom. The molecule has 0 heterocycles. The summed E-state index contributed by atoms with van der Waals surface area (Å²) in [5.74, 6) is -3.12. The number of carbonyl (C=O) groups is 1. The first kappa shape index (κ1) is 18.1. The number of nitro groups is 1. The maximum absolute atomic E-state index is 13.4. The molecule has 0 spiro atoms. The Bertz CT molecular complexity index is 839. The van der Waals surface area contributed by atoms with Crippen molar-refractivity contribution in [1.82, 2.24) is 5.43 Å². The maximum atomic E-state index is 13.4. The van der Waals surface area contributed by atoms with E-state index in [1.807, 2.05) is 10.9 Å². The number of hydrogen-bond acceptors (Lipinski definition) is 4. The fraction of sp³-hybridized carbons (Fsp3) is 0.0714. The molecule has 0 aliphatic rings. The van der Waals surface area contributed by atoms with Crippen LogP contribution in [0.4, 0.5) is 33.3 Å². The molecule has 1 amide bonds. The van der Waals surface area contributed by atoms with Crippen molar-refractivity contribution in [1.29, 1.82) is 0 Å². The smallest absolute Gasteiger partial charge is 0.292 e. The number of halogens is 5. The van der Waals surface area contributed by atoms with Crippen molar-refractivity contribution in [3.8, 4) is 0 Å². The van der Waals surface area contributed by atoms with E-state index in [-0.39, 0.29) is 6.07 Å². The van der Waals surface area contributed by atoms with Crippen LogP contribution in [0.2, 0.25) is 0 Å². The van der Waals surface area contributed by atoms with Crippen LogP contribution in [0, 0.1) is 21.7 Å². The van der Waals surface area contributed by atoms with E-state index >= 15 is 0 Å². The SMILES string of the molecule is O=C(NNc1ccc(C(F)(F)F)cc1[N+](=O)[O-])c1cc(F)ccc1F. The lowest BCUT2D eigenvalue weighted by atomic mass is 10.1. The van der Waals surface area contributed by atoms with Gasteiger partial charge in [0, 0.05) is 6.07 Å². The van der Waals surface area contributed by atoms with Crippen LogP contribution in [0.25, 0.3) is 0 Å². The first-order valence-electron chi connectivity index (χ1n) is 6.46. The molecule has 0 aliphatic heterocycles. The zero-order valence-electron chi connectivity index (χ0n) is 12.0. The lowest BCUT2D eigenvalue weighted by molar-refractivity contribution is -0.384. The summed E-state index contributed by atoms with van der Waals surface area (Å²) in [4.78, 5) is 21.6. The highest BCUT2D eigenvalue weighted by molar-refractivity contribution is 5.95.